The Labute approximate surface area is 96.6 Å². The molecule has 0 fully saturated rings. The van der Waals surface area contributed by atoms with Gasteiger partial charge in [-0.25, -0.2) is 0 Å². The van der Waals surface area contributed by atoms with Crippen molar-refractivity contribution in [3.8, 4) is 0 Å². The monoisotopic (exact) mass is 190 g/mol. The maximum Gasteiger partial charge on any atom is 1.00 e. The third-order valence-corrected chi connectivity index (χ3v) is 1.81. The van der Waals surface area contributed by atoms with Crippen LogP contribution in [0.15, 0.2) is 0 Å². The summed E-state index contributed by atoms with van der Waals surface area (Å²) in [6.07, 6.45) is 0. The molecule has 6 nitrogen and oxygen atoms in total. The molecule has 2 rings (SSSR count). The Hall–Kier alpha value is -0.430. The first-order chi connectivity index (χ1) is 5.79. The summed E-state index contributed by atoms with van der Waals surface area (Å²) in [5, 5.41) is 20.8. The number of carbonyl (C=O) groups is 1. The molecule has 13 heavy (non-hydrogen) atoms. The van der Waals surface area contributed by atoms with E-state index in [0.29, 0.717) is 18.9 Å². The Morgan fingerprint density at radius 2 is 2.31 bits per heavy atom. The zero-order valence-electron chi connectivity index (χ0n) is 7.28. The van der Waals surface area contributed by atoms with Gasteiger partial charge in [0.15, 0.2) is 5.82 Å². The van der Waals surface area contributed by atoms with Crippen molar-refractivity contribution in [2.75, 3.05) is 6.54 Å². The summed E-state index contributed by atoms with van der Waals surface area (Å²) in [5.41, 5.74) is 0. The molecule has 0 spiro atoms. The van der Waals surface area contributed by atoms with Crippen molar-refractivity contribution < 1.29 is 39.5 Å². The Bertz CT molecular complexity index is 324. The molecule has 1 aromatic heterocycles. The third-order valence-electron chi connectivity index (χ3n) is 1.81. The van der Waals surface area contributed by atoms with Gasteiger partial charge >= 0.3 is 29.6 Å². The van der Waals surface area contributed by atoms with Gasteiger partial charge in [-0.05, 0) is 0 Å². The summed E-state index contributed by atoms with van der Waals surface area (Å²) < 4.78 is 1.56. The fourth-order valence-corrected chi connectivity index (χ4v) is 1.24. The maximum absolute atomic E-state index is 10.5. The largest absolute Gasteiger partial charge is 1.00 e. The molecule has 0 saturated carbocycles. The zero-order valence-corrected chi connectivity index (χ0v) is 9.28. The number of hydrogen-bond donors (Lipinski definition) is 1. The van der Waals surface area contributed by atoms with Gasteiger partial charge in [-0.15, -0.1) is 10.2 Å². The van der Waals surface area contributed by atoms with Crippen LogP contribution in [0.4, 0.5) is 0 Å². The molecule has 0 unspecified atom stereocenters. The number of carboxylic acid groups (broad SMARTS) is 1. The van der Waals surface area contributed by atoms with E-state index in [1.807, 2.05) is 0 Å². The van der Waals surface area contributed by atoms with Crippen LogP contribution >= 0.6 is 0 Å². The number of carbonyl (C=O) groups excluding carboxylic acids is 1. The molecule has 0 aromatic carbocycles. The first-order valence-electron chi connectivity index (χ1n) is 3.63. The van der Waals surface area contributed by atoms with Crippen LogP contribution in [0.1, 0.15) is 16.4 Å². The first kappa shape index (κ1) is 10.6. The Morgan fingerprint density at radius 3 is 3.00 bits per heavy atom. The van der Waals surface area contributed by atoms with E-state index < -0.39 is 5.97 Å². The SMILES string of the molecule is O=C([O-])c1nnc2n1CCNC2.[Na+]. The number of rotatable bonds is 1. The quantitative estimate of drug-likeness (QED) is 0.447. The Morgan fingerprint density at radius 1 is 1.54 bits per heavy atom. The van der Waals surface area contributed by atoms with Crippen molar-refractivity contribution in [2.45, 2.75) is 13.1 Å². The minimum absolute atomic E-state index is 0. The summed E-state index contributed by atoms with van der Waals surface area (Å²) in [6, 6.07) is 0. The molecule has 0 aliphatic carbocycles. The normalized spacial score (nSPS) is 14.5. The third kappa shape index (κ3) is 1.91. The molecule has 1 aliphatic heterocycles. The van der Waals surface area contributed by atoms with E-state index in [-0.39, 0.29) is 35.4 Å². The molecular weight excluding hydrogens is 183 g/mol. The topological polar surface area (TPSA) is 82.9 Å². The summed E-state index contributed by atoms with van der Waals surface area (Å²) in [6.45, 7) is 1.90. The smallest absolute Gasteiger partial charge is 0.541 e. The molecule has 1 aromatic rings. The second-order valence-electron chi connectivity index (χ2n) is 2.56. The Balaban J connectivity index is 0.000000845. The van der Waals surface area contributed by atoms with E-state index in [2.05, 4.69) is 15.5 Å². The van der Waals surface area contributed by atoms with Gasteiger partial charge in [0.1, 0.15) is 11.8 Å². The first-order valence-corrected chi connectivity index (χ1v) is 3.63. The molecule has 64 valence electrons. The van der Waals surface area contributed by atoms with Gasteiger partial charge in [0.05, 0.1) is 6.54 Å². The summed E-state index contributed by atoms with van der Waals surface area (Å²) in [5.74, 6) is -0.692. The fraction of sp³-hybridized carbons (Fsp3) is 0.500. The van der Waals surface area contributed by atoms with E-state index in [9.17, 15) is 9.90 Å². The van der Waals surface area contributed by atoms with Gasteiger partial charge < -0.3 is 19.8 Å². The molecule has 0 bridgehead atoms. The summed E-state index contributed by atoms with van der Waals surface area (Å²) >= 11 is 0. The van der Waals surface area contributed by atoms with Crippen LogP contribution in [0.2, 0.25) is 0 Å². The van der Waals surface area contributed by atoms with Crippen molar-refractivity contribution >= 4 is 5.97 Å². The van der Waals surface area contributed by atoms with Crippen molar-refractivity contribution in [2.24, 2.45) is 0 Å². The van der Waals surface area contributed by atoms with E-state index in [1.54, 1.807) is 4.57 Å². The van der Waals surface area contributed by atoms with Crippen LogP contribution in [0, 0.1) is 0 Å². The van der Waals surface area contributed by atoms with Crippen molar-refractivity contribution in [1.82, 2.24) is 20.1 Å². The van der Waals surface area contributed by atoms with Crippen LogP contribution < -0.4 is 40.0 Å². The van der Waals surface area contributed by atoms with Crippen LogP contribution in [0.5, 0.6) is 0 Å². The minimum atomic E-state index is -1.27. The number of aromatic carboxylic acids is 1. The van der Waals surface area contributed by atoms with E-state index in [0.717, 1.165) is 6.54 Å². The van der Waals surface area contributed by atoms with Gasteiger partial charge in [0.2, 0.25) is 0 Å². The minimum Gasteiger partial charge on any atom is -0.541 e. The fourth-order valence-electron chi connectivity index (χ4n) is 1.24. The van der Waals surface area contributed by atoms with Crippen LogP contribution in [0.25, 0.3) is 0 Å². The van der Waals surface area contributed by atoms with Crippen molar-refractivity contribution in [3.63, 3.8) is 0 Å². The summed E-state index contributed by atoms with van der Waals surface area (Å²) in [4.78, 5) is 10.5. The molecule has 1 aliphatic rings. The van der Waals surface area contributed by atoms with Gasteiger partial charge in [-0.3, -0.25) is 0 Å². The predicted molar refractivity (Wildman–Crippen MR) is 36.1 cm³/mol. The van der Waals surface area contributed by atoms with Gasteiger partial charge in [0, 0.05) is 13.1 Å². The number of carboxylic acids is 1. The average Bonchev–Trinajstić information content (AvgIpc) is 2.47. The summed E-state index contributed by atoms with van der Waals surface area (Å²) in [7, 11) is 0. The van der Waals surface area contributed by atoms with Gasteiger partial charge in [0.25, 0.3) is 0 Å². The average molecular weight is 190 g/mol. The molecule has 0 atom stereocenters. The molecule has 7 heteroatoms. The second kappa shape index (κ2) is 4.19. The molecule has 2 heterocycles. The van der Waals surface area contributed by atoms with Crippen molar-refractivity contribution in [1.29, 1.82) is 0 Å². The van der Waals surface area contributed by atoms with Gasteiger partial charge in [-0.1, -0.05) is 0 Å². The standard InChI is InChI=1S/C6H8N4O2.Na/c11-6(12)5-9-8-4-3-7-1-2-10(4)5;/h7H,1-3H2,(H,11,12);/q;+1/p-1. The maximum atomic E-state index is 10.5. The van der Waals surface area contributed by atoms with E-state index in [1.165, 1.54) is 0 Å². The molecular formula is C6H7N4NaO2. The number of nitrogens with one attached hydrogen (secondary N) is 1. The number of fused-ring (bicyclic) bond motifs is 1. The number of aromatic nitrogens is 3. The van der Waals surface area contributed by atoms with Crippen LogP contribution in [-0.2, 0) is 13.1 Å². The predicted octanol–water partition coefficient (Wildman–Crippen LogP) is -5.25. The molecule has 0 amide bonds. The molecule has 0 radical (unpaired) electrons. The molecule has 0 saturated heterocycles. The van der Waals surface area contributed by atoms with Crippen LogP contribution in [0.3, 0.4) is 0 Å². The van der Waals surface area contributed by atoms with Gasteiger partial charge in [-0.2, -0.15) is 0 Å². The van der Waals surface area contributed by atoms with E-state index in [4.69, 9.17) is 0 Å². The molecule has 1 N–H and O–H groups in total. The van der Waals surface area contributed by atoms with E-state index >= 15 is 0 Å². The van der Waals surface area contributed by atoms with Crippen molar-refractivity contribution in [3.05, 3.63) is 11.6 Å². The Kier molecular flexibility index (Phi) is 3.43. The number of nitrogens with zero attached hydrogens (tertiary/aromatic N) is 3. The van der Waals surface area contributed by atoms with Crippen LogP contribution in [-0.4, -0.2) is 27.3 Å². The zero-order chi connectivity index (χ0) is 8.55. The second-order valence-corrected chi connectivity index (χ2v) is 2.56. The number of hydrogen-bond acceptors (Lipinski definition) is 5.